The highest BCUT2D eigenvalue weighted by molar-refractivity contribution is 5.96. The van der Waals surface area contributed by atoms with E-state index in [0.29, 0.717) is 125 Å². The number of likely N-dealkylation sites (tertiary alicyclic amines) is 2. The van der Waals surface area contributed by atoms with E-state index in [1.807, 2.05) is 137 Å². The minimum atomic E-state index is -0.692. The van der Waals surface area contributed by atoms with Gasteiger partial charge in [0, 0.05) is 121 Å². The van der Waals surface area contributed by atoms with E-state index >= 15 is 0 Å². The van der Waals surface area contributed by atoms with Gasteiger partial charge in [-0.15, -0.1) is 0 Å². The zero-order chi connectivity index (χ0) is 69.0. The molecule has 0 bridgehead atoms. The minimum Gasteiger partial charge on any atom is -0.493 e. The first-order valence-electron chi connectivity index (χ1n) is 32.9. The molecule has 2 aliphatic heterocycles. The second kappa shape index (κ2) is 38.4. The van der Waals surface area contributed by atoms with E-state index in [1.54, 1.807) is 89.3 Å². The number of alkyl carbamates (subject to hydrolysis) is 1. The Balaban J connectivity index is 0.000000341. The van der Waals surface area contributed by atoms with Gasteiger partial charge in [-0.25, -0.2) is 19.2 Å². The SMILES string of the molecule is CCN(CCc1ccccc1)C(=O)OC[C@H]1CC(N(C(=O)c2ccc(OC)c(OCCCOC)c2)C(C)C)CN(C(=O)OC(C)(C)C)C1.COCCCOc1cc(C(=O)N(C(C)C)C2C[C@H](COC(=O)NCCc3ccccc3)CN(C(=O)OC(C)(C)C)C2)ccc1OC. The van der Waals surface area contributed by atoms with E-state index in [9.17, 15) is 28.8 Å². The molecule has 4 aromatic carbocycles. The predicted molar refractivity (Wildman–Crippen MR) is 360 cm³/mol. The lowest BCUT2D eigenvalue weighted by molar-refractivity contribution is -0.00963. The highest BCUT2D eigenvalue weighted by Gasteiger charge is 2.41. The maximum atomic E-state index is 14.2. The molecular formula is C72H106N6O16. The van der Waals surface area contributed by atoms with Crippen LogP contribution in [0.2, 0.25) is 0 Å². The first-order chi connectivity index (χ1) is 44.8. The maximum absolute atomic E-state index is 14.2. The second-order valence-electron chi connectivity index (χ2n) is 26.2. The number of amides is 6. The normalized spacial score (nSPS) is 16.4. The van der Waals surface area contributed by atoms with Crippen LogP contribution in [0.25, 0.3) is 0 Å². The summed E-state index contributed by atoms with van der Waals surface area (Å²) in [5, 5.41) is 2.80. The Morgan fingerprint density at radius 2 is 0.968 bits per heavy atom. The first kappa shape index (κ1) is 76.7. The summed E-state index contributed by atoms with van der Waals surface area (Å²) in [7, 11) is 6.38. The Hall–Kier alpha value is -7.98. The molecule has 6 rings (SSSR count). The van der Waals surface area contributed by atoms with Crippen LogP contribution in [0.15, 0.2) is 97.1 Å². The smallest absolute Gasteiger partial charge is 0.410 e. The van der Waals surface area contributed by atoms with E-state index in [-0.39, 0.29) is 74.1 Å². The molecule has 0 aliphatic carbocycles. The summed E-state index contributed by atoms with van der Waals surface area (Å²) >= 11 is 0. The van der Waals surface area contributed by atoms with Crippen LogP contribution in [-0.4, -0.2) is 210 Å². The molecule has 4 aromatic rings. The number of hydrogen-bond acceptors (Lipinski definition) is 16. The lowest BCUT2D eigenvalue weighted by atomic mass is 9.92. The van der Waals surface area contributed by atoms with E-state index < -0.39 is 35.6 Å². The maximum Gasteiger partial charge on any atom is 0.410 e. The van der Waals surface area contributed by atoms with Gasteiger partial charge in [0.1, 0.15) is 11.2 Å². The Labute approximate surface area is 558 Å². The van der Waals surface area contributed by atoms with Gasteiger partial charge in [-0.1, -0.05) is 60.7 Å². The van der Waals surface area contributed by atoms with Gasteiger partial charge in [0.15, 0.2) is 23.0 Å². The van der Waals surface area contributed by atoms with E-state index in [1.165, 1.54) is 0 Å². The van der Waals surface area contributed by atoms with Gasteiger partial charge in [0.05, 0.1) is 52.7 Å². The number of benzene rings is 4. The lowest BCUT2D eigenvalue weighted by Crippen LogP contribution is -2.57. The van der Waals surface area contributed by atoms with E-state index in [0.717, 1.165) is 17.5 Å². The van der Waals surface area contributed by atoms with Gasteiger partial charge in [-0.05, 0) is 149 Å². The number of rotatable bonds is 29. The van der Waals surface area contributed by atoms with Crippen LogP contribution in [-0.2, 0) is 41.3 Å². The molecule has 22 heteroatoms. The summed E-state index contributed by atoms with van der Waals surface area (Å²) in [6, 6.07) is 29.1. The van der Waals surface area contributed by atoms with Crippen molar-refractivity contribution in [3.05, 3.63) is 119 Å². The highest BCUT2D eigenvalue weighted by Crippen LogP contribution is 2.34. The van der Waals surface area contributed by atoms with Crippen molar-refractivity contribution < 1.29 is 76.1 Å². The van der Waals surface area contributed by atoms with Gasteiger partial charge < -0.3 is 77.2 Å². The van der Waals surface area contributed by atoms with Crippen molar-refractivity contribution in [3.8, 4) is 23.0 Å². The average Bonchev–Trinajstić information content (AvgIpc) is 0.822. The molecule has 2 fully saturated rings. The molecule has 0 spiro atoms. The highest BCUT2D eigenvalue weighted by atomic mass is 16.6. The third kappa shape index (κ3) is 25.4. The molecular weight excluding hydrogens is 1200 g/mol. The zero-order valence-electron chi connectivity index (χ0n) is 58.4. The van der Waals surface area contributed by atoms with Crippen LogP contribution in [0.4, 0.5) is 19.2 Å². The van der Waals surface area contributed by atoms with Crippen molar-refractivity contribution in [2.24, 2.45) is 11.8 Å². The van der Waals surface area contributed by atoms with Crippen LogP contribution in [0, 0.1) is 11.8 Å². The fourth-order valence-corrected chi connectivity index (χ4v) is 11.3. The molecule has 520 valence electrons. The van der Waals surface area contributed by atoms with Gasteiger partial charge in [-0.3, -0.25) is 9.59 Å². The van der Waals surface area contributed by atoms with Crippen LogP contribution in [0.3, 0.4) is 0 Å². The Bertz CT molecular complexity index is 2970. The minimum absolute atomic E-state index is 0.0924. The lowest BCUT2D eigenvalue weighted by Gasteiger charge is -2.44. The number of hydrogen-bond donors (Lipinski definition) is 1. The quantitative estimate of drug-likeness (QED) is 0.0394. The number of carbonyl (C=O) groups excluding carboxylic acids is 6. The molecule has 0 saturated carbocycles. The van der Waals surface area contributed by atoms with Crippen molar-refractivity contribution in [1.29, 1.82) is 0 Å². The van der Waals surface area contributed by atoms with E-state index in [4.69, 9.17) is 47.4 Å². The standard InChI is InChI=1S/C37H55N3O8.C35H51N3O8/c1-9-38(19-18-28-14-11-10-12-15-28)35(42)47-26-29-22-31(25-39(24-29)36(43)48-37(4,5)6)40(27(2)3)34(41)30-16-17-32(45-8)33(23-30)46-21-13-20-44-7;1-25(2)38(32(39)28-14-15-30(43-7)31(21-28)44-19-11-18-42-6)29-20-27(22-37(23-29)34(41)46-35(3,4)5)24-45-33(40)36-17-16-26-12-9-8-10-13-26/h10-12,14-17,23,27,29,31H,9,13,18-22,24-26H2,1-8H3;8-10,12-15,21,25,27,29H,11,16-20,22-24H2,1-7H3,(H,36,40)/t29-,31?;27-,29?/m00/s1. The summed E-state index contributed by atoms with van der Waals surface area (Å²) in [6.45, 7) is 25.5. The molecule has 1 N–H and O–H groups in total. The number of carbonyl (C=O) groups is 6. The van der Waals surface area contributed by atoms with Gasteiger partial charge in [0.2, 0.25) is 0 Å². The van der Waals surface area contributed by atoms with Crippen LogP contribution < -0.4 is 24.3 Å². The van der Waals surface area contributed by atoms with Crippen molar-refractivity contribution in [2.75, 3.05) is 114 Å². The summed E-state index contributed by atoms with van der Waals surface area (Å²) in [4.78, 5) is 89.2. The van der Waals surface area contributed by atoms with Gasteiger partial charge >= 0.3 is 24.4 Å². The fraction of sp³-hybridized carbons (Fsp3) is 0.583. The Morgan fingerprint density at radius 1 is 0.543 bits per heavy atom. The second-order valence-corrected chi connectivity index (χ2v) is 26.2. The molecule has 4 atom stereocenters. The molecule has 2 heterocycles. The molecule has 2 aliphatic rings. The fourth-order valence-electron chi connectivity index (χ4n) is 11.3. The molecule has 0 aromatic heterocycles. The van der Waals surface area contributed by atoms with Crippen molar-refractivity contribution >= 4 is 36.2 Å². The molecule has 2 unspecified atom stereocenters. The van der Waals surface area contributed by atoms with Crippen LogP contribution in [0.5, 0.6) is 23.0 Å². The molecule has 6 amide bonds. The van der Waals surface area contributed by atoms with Crippen LogP contribution >= 0.6 is 0 Å². The third-order valence-corrected chi connectivity index (χ3v) is 15.6. The Kier molecular flexibility index (Phi) is 31.3. The number of nitrogens with zero attached hydrogens (tertiary/aromatic N) is 5. The number of piperidine rings is 2. The van der Waals surface area contributed by atoms with Gasteiger partial charge in [0.25, 0.3) is 11.8 Å². The van der Waals surface area contributed by atoms with Gasteiger partial charge in [-0.2, -0.15) is 0 Å². The van der Waals surface area contributed by atoms with Crippen LogP contribution in [0.1, 0.15) is 134 Å². The number of ether oxygens (including phenoxy) is 10. The monoisotopic (exact) mass is 1310 g/mol. The summed E-state index contributed by atoms with van der Waals surface area (Å²) in [5.74, 6) is 1.18. The topological polar surface area (TPSA) is 223 Å². The molecule has 22 nitrogen and oxygen atoms in total. The average molecular weight is 1310 g/mol. The first-order valence-corrected chi connectivity index (χ1v) is 32.9. The van der Waals surface area contributed by atoms with Crippen molar-refractivity contribution in [2.45, 2.75) is 150 Å². The zero-order valence-corrected chi connectivity index (χ0v) is 58.4. The van der Waals surface area contributed by atoms with Crippen molar-refractivity contribution in [3.63, 3.8) is 0 Å². The van der Waals surface area contributed by atoms with Crippen molar-refractivity contribution in [1.82, 2.24) is 29.8 Å². The number of nitrogens with one attached hydrogen (secondary N) is 1. The molecule has 0 radical (unpaired) electrons. The summed E-state index contributed by atoms with van der Waals surface area (Å²) in [5.41, 5.74) is 1.77. The summed E-state index contributed by atoms with van der Waals surface area (Å²) < 4.78 is 55.9. The largest absolute Gasteiger partial charge is 0.493 e. The summed E-state index contributed by atoms with van der Waals surface area (Å²) in [6.07, 6.45) is 2.02. The molecule has 2 saturated heterocycles. The number of methoxy groups -OCH3 is 4. The predicted octanol–water partition coefficient (Wildman–Crippen LogP) is 11.8. The number of likely N-dealkylation sites (N-methyl/N-ethyl adjacent to an activating group) is 1. The Morgan fingerprint density at radius 3 is 1.36 bits per heavy atom. The van der Waals surface area contributed by atoms with E-state index in [2.05, 4.69) is 5.32 Å². The molecule has 94 heavy (non-hydrogen) atoms. The third-order valence-electron chi connectivity index (χ3n) is 15.6.